The minimum absolute atomic E-state index is 0.0330. The first-order valence-electron chi connectivity index (χ1n) is 5.50. The van der Waals surface area contributed by atoms with E-state index in [0.717, 1.165) is 18.6 Å². The van der Waals surface area contributed by atoms with Gasteiger partial charge in [-0.2, -0.15) is 0 Å². The Morgan fingerprint density at radius 1 is 1.47 bits per heavy atom. The number of halogens is 1. The molecule has 0 amide bonds. The molecule has 1 aromatic carbocycles. The SMILES string of the molecule is CO[C@@H]1CCCS[C@H]1Oc1ccc(O)c(F)c1. The number of phenols is 1. The molecule has 0 saturated carbocycles. The van der Waals surface area contributed by atoms with E-state index >= 15 is 0 Å². The molecule has 1 heterocycles. The van der Waals surface area contributed by atoms with Crippen LogP contribution in [0.4, 0.5) is 4.39 Å². The lowest BCUT2D eigenvalue weighted by atomic mass is 10.2. The molecular formula is C12H15FO3S. The molecule has 0 aliphatic carbocycles. The number of hydrogen-bond acceptors (Lipinski definition) is 4. The van der Waals surface area contributed by atoms with Gasteiger partial charge in [-0.1, -0.05) is 0 Å². The number of benzene rings is 1. The topological polar surface area (TPSA) is 38.7 Å². The summed E-state index contributed by atoms with van der Waals surface area (Å²) in [6, 6.07) is 4.04. The molecule has 0 aromatic heterocycles. The summed E-state index contributed by atoms with van der Waals surface area (Å²) in [5.41, 5.74) is -0.113. The summed E-state index contributed by atoms with van der Waals surface area (Å²) in [7, 11) is 1.66. The van der Waals surface area contributed by atoms with Crippen LogP contribution in [-0.2, 0) is 4.74 Å². The Hall–Kier alpha value is -0.940. The number of methoxy groups -OCH3 is 1. The first-order valence-corrected chi connectivity index (χ1v) is 6.55. The maximum absolute atomic E-state index is 13.1. The van der Waals surface area contributed by atoms with Crippen LogP contribution in [0.2, 0.25) is 0 Å². The number of rotatable bonds is 3. The summed E-state index contributed by atoms with van der Waals surface area (Å²) >= 11 is 1.67. The highest BCUT2D eigenvalue weighted by atomic mass is 32.2. The zero-order chi connectivity index (χ0) is 12.3. The molecule has 3 nitrogen and oxygen atoms in total. The fourth-order valence-electron chi connectivity index (χ4n) is 1.76. The Morgan fingerprint density at radius 2 is 2.29 bits per heavy atom. The van der Waals surface area contributed by atoms with Crippen molar-refractivity contribution in [3.05, 3.63) is 24.0 Å². The van der Waals surface area contributed by atoms with Crippen molar-refractivity contribution in [3.8, 4) is 11.5 Å². The van der Waals surface area contributed by atoms with E-state index in [1.54, 1.807) is 24.9 Å². The highest BCUT2D eigenvalue weighted by molar-refractivity contribution is 7.99. The van der Waals surface area contributed by atoms with E-state index in [-0.39, 0.29) is 17.3 Å². The van der Waals surface area contributed by atoms with E-state index in [2.05, 4.69) is 0 Å². The molecule has 2 atom stereocenters. The van der Waals surface area contributed by atoms with Gasteiger partial charge in [-0.25, -0.2) is 4.39 Å². The lowest BCUT2D eigenvalue weighted by molar-refractivity contribution is 0.0327. The molecule has 1 N–H and O–H groups in total. The fourth-order valence-corrected chi connectivity index (χ4v) is 2.97. The molecular weight excluding hydrogens is 243 g/mol. The fraction of sp³-hybridized carbons (Fsp3) is 0.500. The molecule has 1 fully saturated rings. The van der Waals surface area contributed by atoms with Crippen LogP contribution < -0.4 is 4.74 Å². The Morgan fingerprint density at radius 3 is 3.00 bits per heavy atom. The molecule has 94 valence electrons. The van der Waals surface area contributed by atoms with Gasteiger partial charge in [0.1, 0.15) is 11.9 Å². The second-order valence-corrected chi connectivity index (χ2v) is 5.09. The number of thioether (sulfide) groups is 1. The Balaban J connectivity index is 2.05. The lowest BCUT2D eigenvalue weighted by Crippen LogP contribution is -2.34. The maximum atomic E-state index is 13.1. The highest BCUT2D eigenvalue weighted by Crippen LogP contribution is 2.31. The Bertz CT molecular complexity index is 386. The van der Waals surface area contributed by atoms with Crippen molar-refractivity contribution in [3.63, 3.8) is 0 Å². The van der Waals surface area contributed by atoms with Crippen molar-refractivity contribution >= 4 is 11.8 Å². The van der Waals surface area contributed by atoms with Crippen molar-refractivity contribution in [2.75, 3.05) is 12.9 Å². The summed E-state index contributed by atoms with van der Waals surface area (Å²) in [4.78, 5) is 0. The third kappa shape index (κ3) is 3.04. The molecule has 1 saturated heterocycles. The Kier molecular flexibility index (Phi) is 4.12. The minimum atomic E-state index is -0.669. The van der Waals surface area contributed by atoms with Crippen molar-refractivity contribution in [2.24, 2.45) is 0 Å². The molecule has 1 aromatic rings. The van der Waals surface area contributed by atoms with E-state index in [1.165, 1.54) is 12.1 Å². The van der Waals surface area contributed by atoms with Gasteiger partial charge in [-0.3, -0.25) is 0 Å². The first-order chi connectivity index (χ1) is 8.20. The predicted octanol–water partition coefficient (Wildman–Crippen LogP) is 2.78. The monoisotopic (exact) mass is 258 g/mol. The summed E-state index contributed by atoms with van der Waals surface area (Å²) < 4.78 is 24.2. The van der Waals surface area contributed by atoms with Crippen LogP contribution in [0, 0.1) is 5.82 Å². The first kappa shape index (κ1) is 12.5. The van der Waals surface area contributed by atoms with Crippen molar-refractivity contribution < 1.29 is 19.0 Å². The van der Waals surface area contributed by atoms with Crippen LogP contribution >= 0.6 is 11.8 Å². The number of phenolic OH excluding ortho intramolecular Hbond substituents is 1. The zero-order valence-corrected chi connectivity index (χ0v) is 10.4. The van der Waals surface area contributed by atoms with E-state index < -0.39 is 5.82 Å². The third-order valence-corrected chi connectivity index (χ3v) is 3.95. The van der Waals surface area contributed by atoms with Crippen molar-refractivity contribution in [1.82, 2.24) is 0 Å². The van der Waals surface area contributed by atoms with Gasteiger partial charge in [-0.05, 0) is 30.7 Å². The van der Waals surface area contributed by atoms with Gasteiger partial charge in [0, 0.05) is 13.2 Å². The highest BCUT2D eigenvalue weighted by Gasteiger charge is 2.27. The summed E-state index contributed by atoms with van der Waals surface area (Å²) in [5, 5.41) is 9.09. The van der Waals surface area contributed by atoms with Crippen LogP contribution in [-0.4, -0.2) is 29.5 Å². The standard InChI is InChI=1S/C12H15FO3S/c1-15-11-3-2-6-17-12(11)16-8-4-5-10(14)9(13)7-8/h4-5,7,11-12,14H,2-3,6H2,1H3/t11-,12-/m1/s1. The third-order valence-electron chi connectivity index (χ3n) is 2.69. The maximum Gasteiger partial charge on any atom is 0.170 e. The second-order valence-electron chi connectivity index (χ2n) is 3.89. The van der Waals surface area contributed by atoms with Crippen LogP contribution in [0.25, 0.3) is 0 Å². The van der Waals surface area contributed by atoms with Gasteiger partial charge in [0.2, 0.25) is 0 Å². The van der Waals surface area contributed by atoms with E-state index in [0.29, 0.717) is 5.75 Å². The summed E-state index contributed by atoms with van der Waals surface area (Å²) in [5.74, 6) is 0.404. The summed E-state index contributed by atoms with van der Waals surface area (Å²) in [6.45, 7) is 0. The van der Waals surface area contributed by atoms with Crippen LogP contribution in [0.3, 0.4) is 0 Å². The second kappa shape index (κ2) is 5.60. The average molecular weight is 258 g/mol. The van der Waals surface area contributed by atoms with Gasteiger partial charge in [0.05, 0.1) is 0 Å². The van der Waals surface area contributed by atoms with Crippen LogP contribution in [0.15, 0.2) is 18.2 Å². The molecule has 17 heavy (non-hydrogen) atoms. The molecule has 0 unspecified atom stereocenters. The normalized spacial score (nSPS) is 24.6. The van der Waals surface area contributed by atoms with E-state index in [1.807, 2.05) is 0 Å². The lowest BCUT2D eigenvalue weighted by Gasteiger charge is -2.30. The molecule has 1 aliphatic heterocycles. The average Bonchev–Trinajstić information content (AvgIpc) is 2.34. The molecule has 0 bridgehead atoms. The van der Waals surface area contributed by atoms with Crippen LogP contribution in [0.1, 0.15) is 12.8 Å². The molecule has 0 radical (unpaired) electrons. The van der Waals surface area contributed by atoms with Crippen LogP contribution in [0.5, 0.6) is 11.5 Å². The van der Waals surface area contributed by atoms with Gasteiger partial charge >= 0.3 is 0 Å². The largest absolute Gasteiger partial charge is 0.505 e. The zero-order valence-electron chi connectivity index (χ0n) is 9.56. The van der Waals surface area contributed by atoms with E-state index in [9.17, 15) is 4.39 Å². The van der Waals surface area contributed by atoms with E-state index in [4.69, 9.17) is 14.6 Å². The number of hydrogen-bond donors (Lipinski definition) is 1. The number of aromatic hydroxyl groups is 1. The molecule has 2 rings (SSSR count). The van der Waals surface area contributed by atoms with Gasteiger partial charge < -0.3 is 14.6 Å². The minimum Gasteiger partial charge on any atom is -0.505 e. The predicted molar refractivity (Wildman–Crippen MR) is 65.0 cm³/mol. The van der Waals surface area contributed by atoms with Gasteiger partial charge in [0.25, 0.3) is 0 Å². The summed E-state index contributed by atoms with van der Waals surface area (Å²) in [6.07, 6.45) is 2.09. The molecule has 0 spiro atoms. The molecule has 5 heteroatoms. The van der Waals surface area contributed by atoms with Crippen molar-refractivity contribution in [1.29, 1.82) is 0 Å². The molecule has 1 aliphatic rings. The number of ether oxygens (including phenoxy) is 2. The smallest absolute Gasteiger partial charge is 0.170 e. The van der Waals surface area contributed by atoms with Crippen molar-refractivity contribution in [2.45, 2.75) is 24.4 Å². The Labute approximate surface area is 104 Å². The van der Waals surface area contributed by atoms with Gasteiger partial charge in [-0.15, -0.1) is 11.8 Å². The quantitative estimate of drug-likeness (QED) is 0.904. The van der Waals surface area contributed by atoms with Gasteiger partial charge in [0.15, 0.2) is 17.0 Å².